The molecule has 10 heteroatoms. The lowest BCUT2D eigenvalue weighted by molar-refractivity contribution is -0.137. The molecule has 6 nitrogen and oxygen atoms in total. The summed E-state index contributed by atoms with van der Waals surface area (Å²) >= 11 is 0. The largest absolute Gasteiger partial charge is 0.494 e. The second-order valence-corrected chi connectivity index (χ2v) is 7.14. The normalized spacial score (nSPS) is 11.8. The van der Waals surface area contributed by atoms with Gasteiger partial charge in [-0.1, -0.05) is 30.3 Å². The van der Waals surface area contributed by atoms with Crippen molar-refractivity contribution in [2.24, 2.45) is 5.10 Å². The van der Waals surface area contributed by atoms with Crippen LogP contribution in [0.3, 0.4) is 0 Å². The molecule has 0 fully saturated rings. The monoisotopic (exact) mass is 469 g/mol. The number of carbonyl (C=O) groups excluding carboxylic acids is 1. The molecule has 1 amide bonds. The number of benzene rings is 3. The van der Waals surface area contributed by atoms with Gasteiger partial charge in [0, 0.05) is 16.3 Å². The first kappa shape index (κ1) is 22.7. The Hall–Kier alpha value is -4.47. The van der Waals surface area contributed by atoms with Crippen molar-refractivity contribution in [1.29, 1.82) is 0 Å². The average Bonchev–Trinajstić information content (AvgIpc) is 2.81. The van der Waals surface area contributed by atoms with Crippen molar-refractivity contribution in [3.63, 3.8) is 0 Å². The summed E-state index contributed by atoms with van der Waals surface area (Å²) in [6, 6.07) is 15.0. The van der Waals surface area contributed by atoms with Gasteiger partial charge in [-0.3, -0.25) is 9.59 Å². The highest BCUT2D eigenvalue weighted by Crippen LogP contribution is 2.35. The first-order valence-electron chi connectivity index (χ1n) is 9.81. The molecule has 3 aromatic carbocycles. The van der Waals surface area contributed by atoms with Gasteiger partial charge in [0.1, 0.15) is 5.82 Å². The molecule has 4 aromatic rings. The van der Waals surface area contributed by atoms with Crippen LogP contribution in [0.2, 0.25) is 0 Å². The molecule has 0 atom stereocenters. The molecule has 0 bridgehead atoms. The minimum Gasteiger partial charge on any atom is -0.494 e. The van der Waals surface area contributed by atoms with E-state index < -0.39 is 40.6 Å². The topological polar surface area (TPSA) is 83.7 Å². The first-order valence-corrected chi connectivity index (χ1v) is 9.81. The van der Waals surface area contributed by atoms with Gasteiger partial charge in [0.15, 0.2) is 0 Å². The van der Waals surface area contributed by atoms with Gasteiger partial charge in [-0.05, 0) is 42.5 Å². The smallest absolute Gasteiger partial charge is 0.418 e. The molecule has 0 aliphatic rings. The van der Waals surface area contributed by atoms with Crippen LogP contribution in [0.4, 0.5) is 17.6 Å². The molecule has 1 heterocycles. The summed E-state index contributed by atoms with van der Waals surface area (Å²) < 4.78 is 54.4. The molecule has 0 saturated heterocycles. The minimum absolute atomic E-state index is 0.0311. The van der Waals surface area contributed by atoms with E-state index in [2.05, 4.69) is 10.5 Å². The molecule has 172 valence electrons. The van der Waals surface area contributed by atoms with Gasteiger partial charge >= 0.3 is 6.18 Å². The number of nitrogens with zero attached hydrogens (tertiary/aromatic N) is 2. The number of hydrazone groups is 1. The Labute approximate surface area is 189 Å². The molecular formula is C24H15F4N3O3. The summed E-state index contributed by atoms with van der Waals surface area (Å²) in [5, 5.41) is 14.9. The molecule has 0 saturated carbocycles. The van der Waals surface area contributed by atoms with E-state index >= 15 is 0 Å². The van der Waals surface area contributed by atoms with E-state index in [9.17, 15) is 32.3 Å². The van der Waals surface area contributed by atoms with Crippen molar-refractivity contribution in [2.45, 2.75) is 6.18 Å². The minimum atomic E-state index is -4.79. The Morgan fingerprint density at radius 1 is 0.941 bits per heavy atom. The number of fused-ring (bicyclic) bond motifs is 1. The van der Waals surface area contributed by atoms with Gasteiger partial charge in [0.25, 0.3) is 11.5 Å². The molecule has 1 aromatic heterocycles. The highest BCUT2D eigenvalue weighted by Gasteiger charge is 2.34. The van der Waals surface area contributed by atoms with Crippen molar-refractivity contribution < 1.29 is 27.5 Å². The Balaban J connectivity index is 1.84. The zero-order valence-electron chi connectivity index (χ0n) is 17.2. The number of alkyl halides is 3. The fraction of sp³-hybridized carbons (Fsp3) is 0.0417. The average molecular weight is 469 g/mol. The number of amides is 1. The molecule has 0 unspecified atom stereocenters. The van der Waals surface area contributed by atoms with Crippen LogP contribution < -0.4 is 11.0 Å². The number of nitrogens with one attached hydrogen (secondary N) is 1. The van der Waals surface area contributed by atoms with E-state index in [4.69, 9.17) is 0 Å². The summed E-state index contributed by atoms with van der Waals surface area (Å²) in [4.78, 5) is 25.3. The van der Waals surface area contributed by atoms with Crippen molar-refractivity contribution >= 4 is 22.9 Å². The zero-order chi connectivity index (χ0) is 24.5. The van der Waals surface area contributed by atoms with E-state index in [1.165, 1.54) is 42.5 Å². The first-order chi connectivity index (χ1) is 16.2. The Bertz CT molecular complexity index is 1480. The van der Waals surface area contributed by atoms with Crippen LogP contribution in [-0.4, -0.2) is 21.8 Å². The van der Waals surface area contributed by atoms with Gasteiger partial charge in [0.2, 0.25) is 5.88 Å². The lowest BCUT2D eigenvalue weighted by Crippen LogP contribution is -2.23. The number of halogens is 4. The van der Waals surface area contributed by atoms with Crippen LogP contribution in [0.5, 0.6) is 5.88 Å². The number of aromatic nitrogens is 1. The van der Waals surface area contributed by atoms with Gasteiger partial charge in [-0.15, -0.1) is 0 Å². The van der Waals surface area contributed by atoms with Crippen LogP contribution in [-0.2, 0) is 6.18 Å². The maximum atomic E-state index is 13.6. The summed E-state index contributed by atoms with van der Waals surface area (Å²) in [7, 11) is 0. The van der Waals surface area contributed by atoms with E-state index in [1.54, 1.807) is 6.07 Å². The molecule has 0 radical (unpaired) electrons. The third-order valence-electron chi connectivity index (χ3n) is 5.02. The molecule has 34 heavy (non-hydrogen) atoms. The number of hydrogen-bond acceptors (Lipinski definition) is 4. The number of carbonyl (C=O) groups is 1. The van der Waals surface area contributed by atoms with E-state index in [-0.39, 0.29) is 21.9 Å². The van der Waals surface area contributed by atoms with Gasteiger partial charge in [-0.2, -0.15) is 18.3 Å². The molecule has 0 aliphatic carbocycles. The van der Waals surface area contributed by atoms with Crippen LogP contribution >= 0.6 is 0 Å². The Morgan fingerprint density at radius 3 is 2.24 bits per heavy atom. The second-order valence-electron chi connectivity index (χ2n) is 7.14. The predicted molar refractivity (Wildman–Crippen MR) is 118 cm³/mol. The summed E-state index contributed by atoms with van der Waals surface area (Å²) in [5.41, 5.74) is -0.326. The number of rotatable bonds is 4. The van der Waals surface area contributed by atoms with Gasteiger partial charge < -0.3 is 5.11 Å². The van der Waals surface area contributed by atoms with Crippen molar-refractivity contribution in [3.05, 3.63) is 106 Å². The third-order valence-corrected chi connectivity index (χ3v) is 5.02. The number of aromatic hydroxyl groups is 1. The highest BCUT2D eigenvalue weighted by molar-refractivity contribution is 6.02. The van der Waals surface area contributed by atoms with E-state index in [1.807, 2.05) is 0 Å². The standard InChI is InChI=1S/C24H15F4N3O3/c25-15-11-9-14(10-12-15)21(32)30-29-13-18-16-5-1-2-6-17(16)22(33)31(23(18)34)20-8-4-3-7-19(20)24(26,27)28/h1-13,34H,(H,30,32)/b29-13+. The lowest BCUT2D eigenvalue weighted by atomic mass is 10.1. The SMILES string of the molecule is O=C(N/N=C/c1c(O)n(-c2ccccc2C(F)(F)F)c(=O)c2ccccc12)c1ccc(F)cc1. The lowest BCUT2D eigenvalue weighted by Gasteiger charge is -2.18. The fourth-order valence-corrected chi connectivity index (χ4v) is 3.44. The van der Waals surface area contributed by atoms with Crippen molar-refractivity contribution in [3.8, 4) is 11.6 Å². The van der Waals surface area contributed by atoms with Crippen LogP contribution in [0.15, 0.2) is 82.7 Å². The predicted octanol–water partition coefficient (Wildman–Crippen LogP) is 4.62. The molecule has 0 aliphatic heterocycles. The Morgan fingerprint density at radius 2 is 1.56 bits per heavy atom. The van der Waals surface area contributed by atoms with Crippen LogP contribution in [0.1, 0.15) is 21.5 Å². The van der Waals surface area contributed by atoms with E-state index in [0.29, 0.717) is 4.57 Å². The van der Waals surface area contributed by atoms with Crippen LogP contribution in [0.25, 0.3) is 16.5 Å². The third kappa shape index (κ3) is 4.25. The molecule has 0 spiro atoms. The molecule has 2 N–H and O–H groups in total. The highest BCUT2D eigenvalue weighted by atomic mass is 19.4. The summed E-state index contributed by atoms with van der Waals surface area (Å²) in [5.74, 6) is -2.01. The van der Waals surface area contributed by atoms with E-state index in [0.717, 1.165) is 30.5 Å². The summed E-state index contributed by atoms with van der Waals surface area (Å²) in [6.45, 7) is 0. The fourth-order valence-electron chi connectivity index (χ4n) is 3.44. The zero-order valence-corrected chi connectivity index (χ0v) is 17.2. The number of hydrogen-bond donors (Lipinski definition) is 2. The molecular weight excluding hydrogens is 454 g/mol. The van der Waals surface area contributed by atoms with Gasteiger partial charge in [-0.25, -0.2) is 14.4 Å². The van der Waals surface area contributed by atoms with Crippen molar-refractivity contribution in [2.75, 3.05) is 0 Å². The maximum absolute atomic E-state index is 13.6. The Kier molecular flexibility index (Phi) is 5.89. The van der Waals surface area contributed by atoms with Crippen molar-refractivity contribution in [1.82, 2.24) is 9.99 Å². The van der Waals surface area contributed by atoms with Gasteiger partial charge in [0.05, 0.1) is 23.0 Å². The quantitative estimate of drug-likeness (QED) is 0.260. The number of para-hydroxylation sites is 1. The number of pyridine rings is 1. The maximum Gasteiger partial charge on any atom is 0.418 e. The molecule has 4 rings (SSSR count). The van der Waals surface area contributed by atoms with Crippen LogP contribution in [0, 0.1) is 5.82 Å². The summed E-state index contributed by atoms with van der Waals surface area (Å²) in [6.07, 6.45) is -3.77. The second kappa shape index (κ2) is 8.81.